The minimum Gasteiger partial charge on any atom is -0.395 e. The van der Waals surface area contributed by atoms with Crippen molar-refractivity contribution in [2.75, 3.05) is 78.8 Å². The van der Waals surface area contributed by atoms with Crippen molar-refractivity contribution in [1.82, 2.24) is 60.2 Å². The van der Waals surface area contributed by atoms with Gasteiger partial charge in [0.05, 0.1) is 26.4 Å². The molecule has 0 unspecified atom stereocenters. The highest BCUT2D eigenvalue weighted by molar-refractivity contribution is 5.85. The summed E-state index contributed by atoms with van der Waals surface area (Å²) in [4.78, 5) is 75.5. The fourth-order valence-electron chi connectivity index (χ4n) is 19.3. The number of aliphatic hydroxyl groups excluding tert-OH is 4. The molecule has 4 atom stereocenters. The number of carbonyl (C=O) groups is 4. The SMILES string of the molecule is Cc1ccc(-c2nc(-c3cccc4c3CC[C@@]43CC(=O)N(CCO)C3)no2)cc1.Cc1ccc(-c2nc(-c3cccc4c3CC[C@]43CC(=O)N(CCO)C3)no2)cc1.Cc1cccc(-c2nc(-c3cccc4c3CC[C@@]43CC(=O)N(CCO)C3)no2)c1.Cc1cccc(-c2nc(-c3cccc4c3CC[C@]43CC(=O)N(CCO)C3)no2)c1. The zero-order chi connectivity index (χ0) is 80.0. The third-order valence-electron chi connectivity index (χ3n) is 25.0. The molecule has 592 valence electrons. The number of benzene rings is 8. The van der Waals surface area contributed by atoms with E-state index in [0.717, 1.165) is 107 Å². The van der Waals surface area contributed by atoms with Gasteiger partial charge in [-0.15, -0.1) is 0 Å². The molecule has 8 heterocycles. The van der Waals surface area contributed by atoms with Gasteiger partial charge in [-0.25, -0.2) is 0 Å². The summed E-state index contributed by atoms with van der Waals surface area (Å²) in [6.07, 6.45) is 9.28. The molecule has 0 bridgehead atoms. The van der Waals surface area contributed by atoms with Gasteiger partial charge in [0.1, 0.15) is 0 Å². The van der Waals surface area contributed by atoms with Gasteiger partial charge in [0, 0.05) is 144 Å². The van der Waals surface area contributed by atoms with Gasteiger partial charge in [-0.05, 0) is 172 Å². The molecule has 0 saturated carbocycles. The second-order valence-electron chi connectivity index (χ2n) is 32.5. The number of fused-ring (bicyclic) bond motifs is 8. The van der Waals surface area contributed by atoms with E-state index in [0.29, 0.717) is 125 Å². The zero-order valence-corrected chi connectivity index (χ0v) is 65.6. The second-order valence-corrected chi connectivity index (χ2v) is 32.5. The highest BCUT2D eigenvalue weighted by Gasteiger charge is 2.53. The quantitative estimate of drug-likeness (QED) is 0.0698. The van der Waals surface area contributed by atoms with Crippen LogP contribution in [0.2, 0.25) is 0 Å². The maximum Gasteiger partial charge on any atom is 0.258 e. The summed E-state index contributed by atoms with van der Waals surface area (Å²) in [6.45, 7) is 12.4. The largest absolute Gasteiger partial charge is 0.395 e. The van der Waals surface area contributed by atoms with E-state index in [1.165, 1.54) is 55.6 Å². The molecule has 4 spiro atoms. The Balaban J connectivity index is 0.000000111. The van der Waals surface area contributed by atoms with Crippen LogP contribution in [0.3, 0.4) is 0 Å². The Hall–Kier alpha value is -12.0. The van der Waals surface area contributed by atoms with Gasteiger partial charge in [-0.3, -0.25) is 19.2 Å². The van der Waals surface area contributed by atoms with Crippen molar-refractivity contribution in [3.63, 3.8) is 0 Å². The number of carbonyl (C=O) groups excluding carboxylic acids is 4. The molecule has 116 heavy (non-hydrogen) atoms. The van der Waals surface area contributed by atoms with Gasteiger partial charge in [0.2, 0.25) is 46.9 Å². The first-order chi connectivity index (χ1) is 56.4. The smallest absolute Gasteiger partial charge is 0.258 e. The van der Waals surface area contributed by atoms with Crippen LogP contribution in [-0.4, -0.2) is 183 Å². The van der Waals surface area contributed by atoms with Gasteiger partial charge in [0.25, 0.3) is 23.6 Å². The molecular weight excluding hydrogens is 1470 g/mol. The van der Waals surface area contributed by atoms with E-state index in [4.69, 9.17) is 18.1 Å². The highest BCUT2D eigenvalue weighted by Crippen LogP contribution is 2.53. The Bertz CT molecular complexity index is 5370. The van der Waals surface area contributed by atoms with E-state index in [2.05, 4.69) is 64.8 Å². The molecule has 4 saturated heterocycles. The monoisotopic (exact) mass is 1560 g/mol. The summed E-state index contributed by atoms with van der Waals surface area (Å²) in [5, 5.41) is 54.0. The molecular formula is C92H92N12O12. The predicted octanol–water partition coefficient (Wildman–Crippen LogP) is 12.5. The van der Waals surface area contributed by atoms with Crippen molar-refractivity contribution < 1.29 is 57.7 Å². The third kappa shape index (κ3) is 14.5. The van der Waals surface area contributed by atoms with E-state index in [1.807, 2.05) is 173 Å². The molecule has 4 fully saturated rings. The second kappa shape index (κ2) is 31.7. The first-order valence-corrected chi connectivity index (χ1v) is 40.1. The molecule has 4 N–H and O–H groups in total. The molecule has 0 radical (unpaired) electrons. The Kier molecular flexibility index (Phi) is 20.9. The maximum atomic E-state index is 12.5. The number of nitrogens with zero attached hydrogens (tertiary/aromatic N) is 12. The summed E-state index contributed by atoms with van der Waals surface area (Å²) in [5.74, 6) is 4.90. The number of likely N-dealkylation sites (tertiary alicyclic amines) is 4. The number of β-amino-alcohol motifs (C(OH)–C–C–N with tert-alkyl or cyclic N) is 4. The normalized spacial score (nSPS) is 20.6. The van der Waals surface area contributed by atoms with Gasteiger partial charge in [-0.2, -0.15) is 19.9 Å². The van der Waals surface area contributed by atoms with Crippen molar-refractivity contribution in [2.45, 2.75) is 126 Å². The molecule has 12 aromatic rings. The van der Waals surface area contributed by atoms with Crippen LogP contribution >= 0.6 is 0 Å². The number of aryl methyl sites for hydroxylation is 4. The van der Waals surface area contributed by atoms with Crippen LogP contribution in [-0.2, 0) is 66.5 Å². The highest BCUT2D eigenvalue weighted by atomic mass is 16.5. The standard InChI is InChI=1S/4C23H23N3O3/c2*1-15-4-2-5-16(12-15)22-24-21(25-29-22)18-6-3-7-19-17(18)8-9-23(19)13-20(28)26(14-23)10-11-27;2*1-15-5-7-16(8-6-15)22-24-21(25-29-22)18-3-2-4-19-17(18)9-10-23(19)13-20(28)26(14-23)11-12-27/h2*2-7,12,27H,8-11,13-14H2,1H3;2*2-8,27H,9-14H2,1H3/t4*23-/m1010/s1. The summed E-state index contributed by atoms with van der Waals surface area (Å²) in [7, 11) is 0. The molecule has 4 aliphatic carbocycles. The topological polar surface area (TPSA) is 318 Å². The average Bonchev–Trinajstić information content (AvgIpc) is 1.60. The van der Waals surface area contributed by atoms with E-state index >= 15 is 0 Å². The lowest BCUT2D eigenvalue weighted by molar-refractivity contribution is -0.128. The van der Waals surface area contributed by atoms with Crippen LogP contribution in [0, 0.1) is 27.7 Å². The molecule has 24 heteroatoms. The average molecular weight is 1560 g/mol. The number of hydrogen-bond acceptors (Lipinski definition) is 20. The van der Waals surface area contributed by atoms with Crippen LogP contribution in [0.15, 0.2) is 188 Å². The van der Waals surface area contributed by atoms with E-state index in [-0.39, 0.29) is 71.7 Å². The van der Waals surface area contributed by atoms with E-state index in [1.54, 1.807) is 19.6 Å². The Morgan fingerprint density at radius 1 is 0.310 bits per heavy atom. The van der Waals surface area contributed by atoms with Gasteiger partial charge in [-0.1, -0.05) is 164 Å². The first kappa shape index (κ1) is 76.7. The zero-order valence-electron chi connectivity index (χ0n) is 65.6. The lowest BCUT2D eigenvalue weighted by Gasteiger charge is -2.24. The molecule has 8 aromatic carbocycles. The molecule has 4 aliphatic heterocycles. The van der Waals surface area contributed by atoms with E-state index in [9.17, 15) is 39.6 Å². The number of rotatable bonds is 16. The van der Waals surface area contributed by atoms with Crippen molar-refractivity contribution >= 4 is 23.6 Å². The van der Waals surface area contributed by atoms with Gasteiger partial charge < -0.3 is 58.1 Å². The van der Waals surface area contributed by atoms with Crippen LogP contribution in [0.5, 0.6) is 0 Å². The lowest BCUT2D eigenvalue weighted by Crippen LogP contribution is -2.32. The van der Waals surface area contributed by atoms with Crippen LogP contribution in [0.25, 0.3) is 91.4 Å². The van der Waals surface area contributed by atoms with Crippen LogP contribution in [0.4, 0.5) is 0 Å². The van der Waals surface area contributed by atoms with Crippen molar-refractivity contribution in [3.8, 4) is 91.4 Å². The first-order valence-electron chi connectivity index (χ1n) is 40.1. The fourth-order valence-corrected chi connectivity index (χ4v) is 19.3. The predicted molar refractivity (Wildman–Crippen MR) is 433 cm³/mol. The minimum atomic E-state index is -0.166. The van der Waals surface area contributed by atoms with Crippen molar-refractivity contribution in [2.24, 2.45) is 0 Å². The van der Waals surface area contributed by atoms with Gasteiger partial charge in [0.15, 0.2) is 0 Å². The van der Waals surface area contributed by atoms with E-state index < -0.39 is 0 Å². The van der Waals surface area contributed by atoms with Crippen LogP contribution < -0.4 is 0 Å². The molecule has 4 aromatic heterocycles. The number of aromatic nitrogens is 8. The summed E-state index contributed by atoms with van der Waals surface area (Å²) < 4.78 is 22.2. The molecule has 20 rings (SSSR count). The molecule has 4 amide bonds. The molecule has 24 nitrogen and oxygen atoms in total. The Labute approximate surface area is 671 Å². The van der Waals surface area contributed by atoms with Gasteiger partial charge >= 0.3 is 0 Å². The summed E-state index contributed by atoms with van der Waals surface area (Å²) >= 11 is 0. The third-order valence-corrected chi connectivity index (χ3v) is 25.0. The molecule has 8 aliphatic rings. The van der Waals surface area contributed by atoms with Crippen molar-refractivity contribution in [1.29, 1.82) is 0 Å². The number of amides is 4. The fraction of sp³-hybridized carbons (Fsp3) is 0.348. The lowest BCUT2D eigenvalue weighted by atomic mass is 9.80. The number of aliphatic hydroxyl groups is 4. The summed E-state index contributed by atoms with van der Waals surface area (Å²) in [5.41, 5.74) is 21.2. The maximum absolute atomic E-state index is 12.5. The minimum absolute atomic E-state index is 0.000631. The Morgan fingerprint density at radius 3 is 0.810 bits per heavy atom. The van der Waals surface area contributed by atoms with Crippen LogP contribution in [0.1, 0.15) is 118 Å². The number of hydrogen-bond donors (Lipinski definition) is 4. The van der Waals surface area contributed by atoms with Crippen molar-refractivity contribution in [3.05, 3.63) is 237 Å². The Morgan fingerprint density at radius 2 is 0.560 bits per heavy atom. The summed E-state index contributed by atoms with van der Waals surface area (Å²) in [6, 6.07) is 56.8.